The van der Waals surface area contributed by atoms with Crippen LogP contribution in [0.4, 0.5) is 5.69 Å². The van der Waals surface area contributed by atoms with Crippen LogP contribution in [0.3, 0.4) is 0 Å². The number of nitrogens with one attached hydrogen (secondary N) is 1. The molecule has 4 nitrogen and oxygen atoms in total. The maximum absolute atomic E-state index is 12.1. The van der Waals surface area contributed by atoms with Crippen molar-refractivity contribution in [3.8, 4) is 0 Å². The van der Waals surface area contributed by atoms with Crippen molar-refractivity contribution in [1.29, 1.82) is 0 Å². The molecular formula is C19H22N2O2. The molecule has 1 N–H and O–H groups in total. The Morgan fingerprint density at radius 3 is 2.17 bits per heavy atom. The van der Waals surface area contributed by atoms with Crippen molar-refractivity contribution in [2.75, 3.05) is 19.4 Å². The van der Waals surface area contributed by atoms with E-state index in [1.54, 1.807) is 38.4 Å². The van der Waals surface area contributed by atoms with Crippen molar-refractivity contribution in [3.05, 3.63) is 65.7 Å². The molecule has 0 aliphatic rings. The Balaban J connectivity index is 1.94. The second kappa shape index (κ2) is 7.58. The number of carbonyl (C=O) groups excluding carboxylic acids is 2. The summed E-state index contributed by atoms with van der Waals surface area (Å²) >= 11 is 0. The summed E-state index contributed by atoms with van der Waals surface area (Å²) in [4.78, 5) is 25.5. The molecule has 1 atom stereocenters. The molecule has 0 aromatic heterocycles. The fourth-order valence-corrected chi connectivity index (χ4v) is 2.34. The van der Waals surface area contributed by atoms with E-state index < -0.39 is 0 Å². The quantitative estimate of drug-likeness (QED) is 0.918. The summed E-state index contributed by atoms with van der Waals surface area (Å²) in [7, 11) is 3.42. The maximum atomic E-state index is 12.1. The predicted molar refractivity (Wildman–Crippen MR) is 92.6 cm³/mol. The van der Waals surface area contributed by atoms with Gasteiger partial charge < -0.3 is 10.2 Å². The molecule has 2 amide bonds. The lowest BCUT2D eigenvalue weighted by Crippen LogP contribution is -2.21. The molecule has 0 heterocycles. The maximum Gasteiger partial charge on any atom is 0.253 e. The van der Waals surface area contributed by atoms with Crippen LogP contribution in [0.1, 0.15) is 35.2 Å². The van der Waals surface area contributed by atoms with E-state index in [9.17, 15) is 9.59 Å². The van der Waals surface area contributed by atoms with Crippen molar-refractivity contribution < 1.29 is 9.59 Å². The highest BCUT2D eigenvalue weighted by atomic mass is 16.2. The zero-order chi connectivity index (χ0) is 16.8. The number of amides is 2. The van der Waals surface area contributed by atoms with Crippen molar-refractivity contribution in [2.45, 2.75) is 19.3 Å². The van der Waals surface area contributed by atoms with Gasteiger partial charge in [0.2, 0.25) is 5.91 Å². The Morgan fingerprint density at radius 1 is 1.00 bits per heavy atom. The molecule has 0 bridgehead atoms. The minimum atomic E-state index is -0.0550. The number of anilines is 1. The van der Waals surface area contributed by atoms with Gasteiger partial charge in [-0.2, -0.15) is 0 Å². The molecule has 0 fully saturated rings. The third kappa shape index (κ3) is 4.68. The zero-order valence-electron chi connectivity index (χ0n) is 13.7. The Bertz CT molecular complexity index is 664. The highest BCUT2D eigenvalue weighted by molar-refractivity contribution is 5.95. The molecule has 2 aromatic rings. The summed E-state index contributed by atoms with van der Waals surface area (Å²) in [5, 5.41) is 2.87. The molecule has 2 rings (SSSR count). The average Bonchev–Trinajstić information content (AvgIpc) is 2.55. The summed E-state index contributed by atoms with van der Waals surface area (Å²) in [6.45, 7) is 2.04. The van der Waals surface area contributed by atoms with E-state index in [4.69, 9.17) is 0 Å². The summed E-state index contributed by atoms with van der Waals surface area (Å²) in [5.74, 6) is 0.0689. The van der Waals surface area contributed by atoms with E-state index in [1.807, 2.05) is 37.3 Å². The second-order valence-electron chi connectivity index (χ2n) is 5.84. The van der Waals surface area contributed by atoms with Crippen LogP contribution in [0, 0.1) is 0 Å². The van der Waals surface area contributed by atoms with E-state index in [0.717, 1.165) is 5.56 Å². The first-order chi connectivity index (χ1) is 11.0. The number of benzene rings is 2. The number of rotatable bonds is 5. The number of carbonyl (C=O) groups is 2. The van der Waals surface area contributed by atoms with Crippen LogP contribution in [0.5, 0.6) is 0 Å². The lowest BCUT2D eigenvalue weighted by molar-refractivity contribution is -0.116. The van der Waals surface area contributed by atoms with Crippen LogP contribution in [0.25, 0.3) is 0 Å². The van der Waals surface area contributed by atoms with Gasteiger partial charge in [-0.15, -0.1) is 0 Å². The Kier molecular flexibility index (Phi) is 5.52. The molecule has 0 spiro atoms. The normalized spacial score (nSPS) is 11.6. The van der Waals surface area contributed by atoms with Crippen molar-refractivity contribution in [3.63, 3.8) is 0 Å². The van der Waals surface area contributed by atoms with Gasteiger partial charge in [-0.05, 0) is 35.7 Å². The van der Waals surface area contributed by atoms with Crippen LogP contribution >= 0.6 is 0 Å². The van der Waals surface area contributed by atoms with Crippen molar-refractivity contribution in [1.82, 2.24) is 4.90 Å². The second-order valence-corrected chi connectivity index (χ2v) is 5.84. The summed E-state index contributed by atoms with van der Waals surface area (Å²) in [6.07, 6.45) is 0.419. The van der Waals surface area contributed by atoms with Crippen LogP contribution in [-0.4, -0.2) is 30.8 Å². The van der Waals surface area contributed by atoms with Crippen LogP contribution in [0.15, 0.2) is 54.6 Å². The Hall–Kier alpha value is -2.62. The van der Waals surface area contributed by atoms with Crippen LogP contribution < -0.4 is 5.32 Å². The van der Waals surface area contributed by atoms with E-state index in [-0.39, 0.29) is 17.7 Å². The molecule has 4 heteroatoms. The van der Waals surface area contributed by atoms with Crippen LogP contribution in [-0.2, 0) is 4.79 Å². The van der Waals surface area contributed by atoms with E-state index in [2.05, 4.69) is 5.32 Å². The van der Waals surface area contributed by atoms with Gasteiger partial charge in [-0.3, -0.25) is 9.59 Å². The first kappa shape index (κ1) is 16.7. The lowest BCUT2D eigenvalue weighted by Gasteiger charge is -2.13. The first-order valence-electron chi connectivity index (χ1n) is 7.64. The van der Waals surface area contributed by atoms with E-state index >= 15 is 0 Å². The van der Waals surface area contributed by atoms with Crippen molar-refractivity contribution in [2.24, 2.45) is 0 Å². The van der Waals surface area contributed by atoms with Gasteiger partial charge in [0.25, 0.3) is 5.91 Å². The van der Waals surface area contributed by atoms with Gasteiger partial charge in [0.15, 0.2) is 0 Å². The topological polar surface area (TPSA) is 49.4 Å². The van der Waals surface area contributed by atoms with Crippen LogP contribution in [0.2, 0.25) is 0 Å². The third-order valence-electron chi connectivity index (χ3n) is 3.68. The monoisotopic (exact) mass is 310 g/mol. The van der Waals surface area contributed by atoms with Gasteiger partial charge in [0, 0.05) is 31.8 Å². The fourth-order valence-electron chi connectivity index (χ4n) is 2.34. The molecule has 23 heavy (non-hydrogen) atoms. The van der Waals surface area contributed by atoms with Crippen molar-refractivity contribution >= 4 is 17.5 Å². The molecular weight excluding hydrogens is 288 g/mol. The van der Waals surface area contributed by atoms with E-state index in [1.165, 1.54) is 4.90 Å². The van der Waals surface area contributed by atoms with Gasteiger partial charge in [-0.25, -0.2) is 0 Å². The highest BCUT2D eigenvalue weighted by Crippen LogP contribution is 2.19. The van der Waals surface area contributed by atoms with Gasteiger partial charge >= 0.3 is 0 Å². The summed E-state index contributed by atoms with van der Waals surface area (Å²) in [6, 6.07) is 16.9. The number of hydrogen-bond donors (Lipinski definition) is 1. The number of nitrogens with zero attached hydrogens (tertiary/aromatic N) is 1. The van der Waals surface area contributed by atoms with E-state index in [0.29, 0.717) is 17.7 Å². The smallest absolute Gasteiger partial charge is 0.253 e. The average molecular weight is 310 g/mol. The third-order valence-corrected chi connectivity index (χ3v) is 3.68. The largest absolute Gasteiger partial charge is 0.345 e. The van der Waals surface area contributed by atoms with Gasteiger partial charge in [0.05, 0.1) is 0 Å². The lowest BCUT2D eigenvalue weighted by atomic mass is 9.97. The Labute approximate surface area is 137 Å². The standard InChI is InChI=1S/C19H22N2O2/c1-14(15-7-5-4-6-8-15)13-18(22)20-17-11-9-16(10-12-17)19(23)21(2)3/h4-12,14H,13H2,1-3H3,(H,20,22). The molecule has 1 unspecified atom stereocenters. The molecule has 0 saturated heterocycles. The molecule has 0 aliphatic carbocycles. The molecule has 0 radical (unpaired) electrons. The molecule has 120 valence electrons. The molecule has 0 saturated carbocycles. The van der Waals surface area contributed by atoms with Gasteiger partial charge in [0.1, 0.15) is 0 Å². The minimum absolute atomic E-state index is 0.0342. The summed E-state index contributed by atoms with van der Waals surface area (Å²) in [5.41, 5.74) is 2.45. The van der Waals surface area contributed by atoms with Gasteiger partial charge in [-0.1, -0.05) is 37.3 Å². The predicted octanol–water partition coefficient (Wildman–Crippen LogP) is 3.52. The molecule has 0 aliphatic heterocycles. The SMILES string of the molecule is CC(CC(=O)Nc1ccc(C(=O)N(C)C)cc1)c1ccccc1. The fraction of sp³-hybridized carbons (Fsp3) is 0.263. The Morgan fingerprint density at radius 2 is 1.61 bits per heavy atom. The minimum Gasteiger partial charge on any atom is -0.345 e. The number of hydrogen-bond acceptors (Lipinski definition) is 2. The molecule has 2 aromatic carbocycles. The highest BCUT2D eigenvalue weighted by Gasteiger charge is 2.12. The summed E-state index contributed by atoms with van der Waals surface area (Å²) < 4.78 is 0. The first-order valence-corrected chi connectivity index (χ1v) is 7.64. The zero-order valence-corrected chi connectivity index (χ0v) is 13.7.